The number of aryl methyl sites for hydroxylation is 1. The Morgan fingerprint density at radius 1 is 1.00 bits per heavy atom. The SMILES string of the molecule is COCCN1C(=O)C(=O)/C(=C(/O)c2ccc(OCc3ccccc3)cc2C)C1c1ccc(O)cc1. The number of phenols is 1. The van der Waals surface area contributed by atoms with Crippen molar-refractivity contribution in [2.45, 2.75) is 19.6 Å². The van der Waals surface area contributed by atoms with Crippen molar-refractivity contribution in [2.75, 3.05) is 20.3 Å². The first-order valence-corrected chi connectivity index (χ1v) is 11.2. The summed E-state index contributed by atoms with van der Waals surface area (Å²) in [4.78, 5) is 27.3. The number of amides is 1. The fourth-order valence-electron chi connectivity index (χ4n) is 4.18. The van der Waals surface area contributed by atoms with E-state index in [1.165, 1.54) is 24.1 Å². The van der Waals surface area contributed by atoms with Crippen molar-refractivity contribution in [2.24, 2.45) is 0 Å². The number of hydrogen-bond donors (Lipinski definition) is 2. The van der Waals surface area contributed by atoms with E-state index in [9.17, 15) is 19.8 Å². The molecule has 2 N–H and O–H groups in total. The number of aromatic hydroxyl groups is 1. The molecule has 1 aliphatic heterocycles. The number of aliphatic hydroxyl groups is 1. The van der Waals surface area contributed by atoms with Gasteiger partial charge in [-0.15, -0.1) is 0 Å². The maximum atomic E-state index is 13.1. The van der Waals surface area contributed by atoms with E-state index in [0.29, 0.717) is 29.0 Å². The van der Waals surface area contributed by atoms with Crippen LogP contribution in [-0.4, -0.2) is 47.1 Å². The van der Waals surface area contributed by atoms with Gasteiger partial charge in [0.15, 0.2) is 0 Å². The van der Waals surface area contributed by atoms with Crippen LogP contribution < -0.4 is 4.74 Å². The molecule has 0 aliphatic carbocycles. The molecule has 3 aromatic carbocycles. The lowest BCUT2D eigenvalue weighted by Crippen LogP contribution is -2.32. The number of ether oxygens (including phenoxy) is 2. The van der Waals surface area contributed by atoms with Crippen molar-refractivity contribution in [3.8, 4) is 11.5 Å². The van der Waals surface area contributed by atoms with Crippen LogP contribution in [0.25, 0.3) is 5.76 Å². The Morgan fingerprint density at radius 3 is 2.37 bits per heavy atom. The first-order chi connectivity index (χ1) is 16.9. The van der Waals surface area contributed by atoms with E-state index >= 15 is 0 Å². The minimum absolute atomic E-state index is 0.00199. The Bertz CT molecular complexity index is 1250. The van der Waals surface area contributed by atoms with Crippen LogP contribution in [0.2, 0.25) is 0 Å². The summed E-state index contributed by atoms with van der Waals surface area (Å²) in [5.74, 6) is -1.04. The number of benzene rings is 3. The molecule has 0 aromatic heterocycles. The van der Waals surface area contributed by atoms with Gasteiger partial charge in [-0.25, -0.2) is 0 Å². The third kappa shape index (κ3) is 5.05. The summed E-state index contributed by atoms with van der Waals surface area (Å²) >= 11 is 0. The van der Waals surface area contributed by atoms with Gasteiger partial charge in [-0.3, -0.25) is 9.59 Å². The molecule has 1 amide bonds. The second-order valence-electron chi connectivity index (χ2n) is 8.33. The number of hydrogen-bond acceptors (Lipinski definition) is 6. The fourth-order valence-corrected chi connectivity index (χ4v) is 4.18. The van der Waals surface area contributed by atoms with E-state index < -0.39 is 17.7 Å². The van der Waals surface area contributed by atoms with Crippen LogP contribution in [0.3, 0.4) is 0 Å². The molecule has 0 radical (unpaired) electrons. The van der Waals surface area contributed by atoms with Crippen molar-refractivity contribution in [1.29, 1.82) is 0 Å². The van der Waals surface area contributed by atoms with Crippen LogP contribution >= 0.6 is 0 Å². The summed E-state index contributed by atoms with van der Waals surface area (Å²) in [5.41, 5.74) is 2.76. The van der Waals surface area contributed by atoms with Gasteiger partial charge in [0.25, 0.3) is 11.7 Å². The molecule has 1 fully saturated rings. The molecular formula is C28H27NO6. The monoisotopic (exact) mass is 473 g/mol. The number of Topliss-reactive ketones (excluding diaryl/α,β-unsaturated/α-hetero) is 1. The fraction of sp³-hybridized carbons (Fsp3) is 0.214. The maximum absolute atomic E-state index is 13.1. The average molecular weight is 474 g/mol. The highest BCUT2D eigenvalue weighted by Crippen LogP contribution is 2.40. The van der Waals surface area contributed by atoms with Gasteiger partial charge in [0, 0.05) is 19.2 Å². The maximum Gasteiger partial charge on any atom is 0.295 e. The second kappa shape index (κ2) is 10.4. The highest BCUT2D eigenvalue weighted by molar-refractivity contribution is 6.46. The highest BCUT2D eigenvalue weighted by atomic mass is 16.5. The molecule has 1 saturated heterocycles. The zero-order valence-corrected chi connectivity index (χ0v) is 19.6. The number of phenolic OH excluding ortho intramolecular Hbond substituents is 1. The number of likely N-dealkylation sites (tertiary alicyclic amines) is 1. The summed E-state index contributed by atoms with van der Waals surface area (Å²) in [6.07, 6.45) is 0. The number of nitrogens with zero attached hydrogens (tertiary/aromatic N) is 1. The summed E-state index contributed by atoms with van der Waals surface area (Å²) in [7, 11) is 1.51. The predicted molar refractivity (Wildman–Crippen MR) is 131 cm³/mol. The van der Waals surface area contributed by atoms with Crippen molar-refractivity contribution in [3.63, 3.8) is 0 Å². The lowest BCUT2D eigenvalue weighted by atomic mass is 9.94. The van der Waals surface area contributed by atoms with Gasteiger partial charge in [0.05, 0.1) is 18.2 Å². The van der Waals surface area contributed by atoms with Gasteiger partial charge < -0.3 is 24.6 Å². The molecule has 0 bridgehead atoms. The smallest absolute Gasteiger partial charge is 0.295 e. The van der Waals surface area contributed by atoms with Gasteiger partial charge in [-0.2, -0.15) is 0 Å². The average Bonchev–Trinajstić information content (AvgIpc) is 3.12. The van der Waals surface area contributed by atoms with Crippen molar-refractivity contribution < 1.29 is 29.3 Å². The molecular weight excluding hydrogens is 446 g/mol. The van der Waals surface area contributed by atoms with Crippen molar-refractivity contribution in [1.82, 2.24) is 4.90 Å². The van der Waals surface area contributed by atoms with Crippen molar-refractivity contribution >= 4 is 17.4 Å². The molecule has 1 aliphatic rings. The van der Waals surface area contributed by atoms with Crippen LogP contribution in [0.15, 0.2) is 78.4 Å². The molecule has 3 aromatic rings. The summed E-state index contributed by atoms with van der Waals surface area (Å²) in [6, 6.07) is 20.4. The lowest BCUT2D eigenvalue weighted by Gasteiger charge is -2.25. The predicted octanol–water partition coefficient (Wildman–Crippen LogP) is 4.35. The molecule has 0 saturated carbocycles. The summed E-state index contributed by atoms with van der Waals surface area (Å²) in [5, 5.41) is 21.0. The van der Waals surface area contributed by atoms with E-state index in [1.807, 2.05) is 30.3 Å². The Kier molecular flexibility index (Phi) is 7.17. The standard InChI is InChI=1S/C28H27NO6/c1-18-16-22(35-17-19-6-4-3-5-7-19)12-13-23(18)26(31)24-25(20-8-10-21(30)11-9-20)29(14-15-34-2)28(33)27(24)32/h3-13,16,25,30-31H,14-15,17H2,1-2H3/b26-24+. The van der Waals surface area contributed by atoms with Gasteiger partial charge in [-0.05, 0) is 53.9 Å². The number of aliphatic hydroxyl groups excluding tert-OH is 1. The van der Waals surface area contributed by atoms with Crippen LogP contribution in [0.5, 0.6) is 11.5 Å². The summed E-state index contributed by atoms with van der Waals surface area (Å²) in [6.45, 7) is 2.61. The van der Waals surface area contributed by atoms with Crippen LogP contribution in [-0.2, 0) is 20.9 Å². The van der Waals surface area contributed by atoms with Crippen molar-refractivity contribution in [3.05, 3.63) is 101 Å². The highest BCUT2D eigenvalue weighted by Gasteiger charge is 2.46. The minimum atomic E-state index is -0.806. The normalized spacial score (nSPS) is 17.1. The van der Waals surface area contributed by atoms with E-state index in [1.54, 1.807) is 37.3 Å². The summed E-state index contributed by atoms with van der Waals surface area (Å²) < 4.78 is 11.0. The molecule has 7 nitrogen and oxygen atoms in total. The van der Waals surface area contributed by atoms with E-state index in [0.717, 1.165) is 5.56 Å². The number of ketones is 1. The molecule has 4 rings (SSSR count). The van der Waals surface area contributed by atoms with Crippen LogP contribution in [0.4, 0.5) is 0 Å². The molecule has 7 heteroatoms. The Morgan fingerprint density at radius 2 is 1.71 bits per heavy atom. The van der Waals surface area contributed by atoms with Crippen LogP contribution in [0, 0.1) is 6.92 Å². The minimum Gasteiger partial charge on any atom is -0.508 e. The quantitative estimate of drug-likeness (QED) is 0.287. The third-order valence-corrected chi connectivity index (χ3v) is 5.99. The number of carbonyl (C=O) groups is 2. The molecule has 35 heavy (non-hydrogen) atoms. The van der Waals surface area contributed by atoms with Gasteiger partial charge in [0.2, 0.25) is 0 Å². The van der Waals surface area contributed by atoms with E-state index in [2.05, 4.69) is 0 Å². The zero-order chi connectivity index (χ0) is 24.9. The second-order valence-corrected chi connectivity index (χ2v) is 8.33. The molecule has 1 heterocycles. The number of methoxy groups -OCH3 is 1. The van der Waals surface area contributed by atoms with Gasteiger partial charge in [0.1, 0.15) is 23.9 Å². The number of carbonyl (C=O) groups excluding carboxylic acids is 2. The third-order valence-electron chi connectivity index (χ3n) is 5.99. The van der Waals surface area contributed by atoms with E-state index in [-0.39, 0.29) is 30.2 Å². The number of rotatable bonds is 8. The van der Waals surface area contributed by atoms with E-state index in [4.69, 9.17) is 9.47 Å². The van der Waals surface area contributed by atoms with Crippen LogP contribution in [0.1, 0.15) is 28.3 Å². The van der Waals surface area contributed by atoms with Gasteiger partial charge >= 0.3 is 0 Å². The Balaban J connectivity index is 1.70. The Labute approximate surface area is 203 Å². The van der Waals surface area contributed by atoms with Gasteiger partial charge in [-0.1, -0.05) is 42.5 Å². The Hall–Kier alpha value is -4.10. The molecule has 0 spiro atoms. The molecule has 1 unspecified atom stereocenters. The topological polar surface area (TPSA) is 96.3 Å². The largest absolute Gasteiger partial charge is 0.508 e. The lowest BCUT2D eigenvalue weighted by molar-refractivity contribution is -0.140. The molecule has 1 atom stereocenters. The molecule has 180 valence electrons. The first-order valence-electron chi connectivity index (χ1n) is 11.2. The first kappa shape index (κ1) is 24.0. The zero-order valence-electron chi connectivity index (χ0n) is 19.6.